The fourth-order valence-electron chi connectivity index (χ4n) is 1.45. The molecule has 0 N–H and O–H groups in total. The molecule has 0 bridgehead atoms. The monoisotopic (exact) mass is 338 g/mol. The van der Waals surface area contributed by atoms with E-state index in [2.05, 4.69) is 25.3 Å². The number of nitrogens with zero attached hydrogens (tertiary/aromatic N) is 2. The summed E-state index contributed by atoms with van der Waals surface area (Å²) in [5, 5.41) is 1.06. The van der Waals surface area contributed by atoms with E-state index in [4.69, 9.17) is 0 Å². The van der Waals surface area contributed by atoms with Crippen LogP contribution in [0.3, 0.4) is 0 Å². The molecule has 5 heteroatoms. The molecule has 1 atom stereocenters. The van der Waals surface area contributed by atoms with Crippen molar-refractivity contribution in [2.24, 2.45) is 4.40 Å². The summed E-state index contributed by atoms with van der Waals surface area (Å²) in [5.41, 5.74) is 1.59. The van der Waals surface area contributed by atoms with Crippen LogP contribution in [0.2, 0.25) is 0 Å². The number of rotatable bonds is 2. The quantitative estimate of drug-likeness (QED) is 0.780. The van der Waals surface area contributed by atoms with Crippen molar-refractivity contribution >= 4 is 44.0 Å². The van der Waals surface area contributed by atoms with Crippen LogP contribution in [0.1, 0.15) is 26.5 Å². The highest BCUT2D eigenvalue weighted by atomic mass is 79.9. The van der Waals surface area contributed by atoms with E-state index in [-0.39, 0.29) is 4.75 Å². The Labute approximate surface area is 123 Å². The SMILES string of the molecule is CC(C)(C)S(=O)N=Cc1nc2ccccc2cc1Br. The molecule has 1 heterocycles. The van der Waals surface area contributed by atoms with Crippen molar-refractivity contribution in [3.63, 3.8) is 0 Å². The van der Waals surface area contributed by atoms with E-state index in [1.807, 2.05) is 51.1 Å². The minimum atomic E-state index is -1.27. The van der Waals surface area contributed by atoms with Gasteiger partial charge in [-0.05, 0) is 48.8 Å². The summed E-state index contributed by atoms with van der Waals surface area (Å²) >= 11 is 3.47. The van der Waals surface area contributed by atoms with Gasteiger partial charge in [-0.1, -0.05) is 18.2 Å². The van der Waals surface area contributed by atoms with Gasteiger partial charge in [0.15, 0.2) is 0 Å². The summed E-state index contributed by atoms with van der Waals surface area (Å²) in [5.74, 6) is 0. The second-order valence-corrected chi connectivity index (χ2v) is 7.93. The van der Waals surface area contributed by atoms with E-state index >= 15 is 0 Å². The lowest BCUT2D eigenvalue weighted by Gasteiger charge is -2.12. The lowest BCUT2D eigenvalue weighted by molar-refractivity contribution is 0.651. The molecule has 0 saturated carbocycles. The van der Waals surface area contributed by atoms with E-state index in [0.29, 0.717) is 5.69 Å². The predicted molar refractivity (Wildman–Crippen MR) is 84.9 cm³/mol. The van der Waals surface area contributed by atoms with Crippen molar-refractivity contribution < 1.29 is 4.21 Å². The first-order chi connectivity index (χ1) is 8.88. The van der Waals surface area contributed by atoms with Crippen molar-refractivity contribution in [2.45, 2.75) is 25.5 Å². The first kappa shape index (κ1) is 14.3. The highest BCUT2D eigenvalue weighted by Crippen LogP contribution is 2.21. The molecule has 0 radical (unpaired) electrons. The molecule has 1 aromatic carbocycles. The zero-order valence-electron chi connectivity index (χ0n) is 11.1. The van der Waals surface area contributed by atoms with E-state index < -0.39 is 11.0 Å². The first-order valence-electron chi connectivity index (χ1n) is 5.89. The molecule has 0 saturated heterocycles. The lowest BCUT2D eigenvalue weighted by Crippen LogP contribution is -2.19. The average Bonchev–Trinajstić information content (AvgIpc) is 2.34. The molecule has 3 nitrogen and oxygen atoms in total. The largest absolute Gasteiger partial charge is 0.246 e. The van der Waals surface area contributed by atoms with Crippen LogP contribution in [0.15, 0.2) is 39.2 Å². The molecular weight excluding hydrogens is 324 g/mol. The van der Waals surface area contributed by atoms with Crippen LogP contribution < -0.4 is 0 Å². The van der Waals surface area contributed by atoms with Crippen LogP contribution in [-0.4, -0.2) is 20.2 Å². The van der Waals surface area contributed by atoms with Crippen molar-refractivity contribution in [2.75, 3.05) is 0 Å². The molecule has 1 aromatic heterocycles. The van der Waals surface area contributed by atoms with Crippen LogP contribution in [0, 0.1) is 0 Å². The van der Waals surface area contributed by atoms with Gasteiger partial charge in [-0.25, -0.2) is 9.19 Å². The Morgan fingerprint density at radius 2 is 2.00 bits per heavy atom. The zero-order valence-corrected chi connectivity index (χ0v) is 13.5. The molecule has 2 aromatic rings. The summed E-state index contributed by atoms with van der Waals surface area (Å²) in [6, 6.07) is 9.85. The number of hydrogen-bond donors (Lipinski definition) is 0. The maximum absolute atomic E-state index is 11.9. The summed E-state index contributed by atoms with van der Waals surface area (Å²) in [6.07, 6.45) is 1.57. The fourth-order valence-corrected chi connectivity index (χ4v) is 2.40. The third-order valence-electron chi connectivity index (χ3n) is 2.50. The Morgan fingerprint density at radius 3 is 2.68 bits per heavy atom. The molecule has 0 aliphatic carbocycles. The Morgan fingerprint density at radius 1 is 1.32 bits per heavy atom. The Balaban J connectivity index is 2.38. The fraction of sp³-hybridized carbons (Fsp3) is 0.286. The van der Waals surface area contributed by atoms with Crippen molar-refractivity contribution in [1.29, 1.82) is 0 Å². The number of para-hydroxylation sites is 1. The summed E-state index contributed by atoms with van der Waals surface area (Å²) in [6.45, 7) is 5.68. The van der Waals surface area contributed by atoms with Crippen LogP contribution in [0.5, 0.6) is 0 Å². The third-order valence-corrected chi connectivity index (χ3v) is 4.48. The molecule has 1 unspecified atom stereocenters. The predicted octanol–water partition coefficient (Wildman–Crippen LogP) is 3.88. The van der Waals surface area contributed by atoms with Crippen LogP contribution in [0.25, 0.3) is 10.9 Å². The van der Waals surface area contributed by atoms with Gasteiger partial charge in [0.1, 0.15) is 11.0 Å². The van der Waals surface area contributed by atoms with E-state index in [0.717, 1.165) is 15.4 Å². The molecule has 2 rings (SSSR count). The van der Waals surface area contributed by atoms with Crippen LogP contribution >= 0.6 is 15.9 Å². The maximum Gasteiger partial charge on any atom is 0.144 e. The number of halogens is 1. The van der Waals surface area contributed by atoms with Gasteiger partial charge in [-0.15, -0.1) is 0 Å². The Bertz CT molecular complexity index is 662. The highest BCUT2D eigenvalue weighted by Gasteiger charge is 2.18. The number of hydrogen-bond acceptors (Lipinski definition) is 2. The van der Waals surface area contributed by atoms with Gasteiger partial charge in [0.2, 0.25) is 0 Å². The van der Waals surface area contributed by atoms with Gasteiger partial charge >= 0.3 is 0 Å². The second-order valence-electron chi connectivity index (χ2n) is 5.14. The second kappa shape index (κ2) is 5.51. The van der Waals surface area contributed by atoms with Crippen LogP contribution in [0.4, 0.5) is 0 Å². The van der Waals surface area contributed by atoms with Gasteiger partial charge < -0.3 is 0 Å². The number of fused-ring (bicyclic) bond motifs is 1. The van der Waals surface area contributed by atoms with E-state index in [1.165, 1.54) is 0 Å². The average molecular weight is 339 g/mol. The molecule has 0 aliphatic rings. The number of aromatic nitrogens is 1. The van der Waals surface area contributed by atoms with Crippen molar-refractivity contribution in [1.82, 2.24) is 4.98 Å². The topological polar surface area (TPSA) is 42.3 Å². The molecule has 0 aliphatic heterocycles. The van der Waals surface area contributed by atoms with Crippen LogP contribution in [-0.2, 0) is 11.0 Å². The van der Waals surface area contributed by atoms with E-state index in [9.17, 15) is 4.21 Å². The lowest BCUT2D eigenvalue weighted by atomic mass is 10.2. The zero-order chi connectivity index (χ0) is 14.0. The smallest absolute Gasteiger partial charge is 0.144 e. The van der Waals surface area contributed by atoms with Gasteiger partial charge in [0.05, 0.1) is 22.2 Å². The highest BCUT2D eigenvalue weighted by molar-refractivity contribution is 9.10. The molecule has 100 valence electrons. The molecular formula is C14H15BrN2OS. The molecule has 0 spiro atoms. The van der Waals surface area contributed by atoms with Gasteiger partial charge in [-0.3, -0.25) is 0 Å². The summed E-state index contributed by atoms with van der Waals surface area (Å²) < 4.78 is 16.5. The first-order valence-corrected chi connectivity index (χ1v) is 7.79. The normalized spacial score (nSPS) is 14.1. The Kier molecular flexibility index (Phi) is 4.16. The standard InChI is InChI=1S/C14H15BrN2OS/c1-14(2,3)19(18)16-9-13-11(15)8-10-6-4-5-7-12(10)17-13/h4-9H,1-3H3. The molecule has 19 heavy (non-hydrogen) atoms. The minimum absolute atomic E-state index is 0.361. The van der Waals surface area contributed by atoms with Gasteiger partial charge in [0.25, 0.3) is 0 Å². The van der Waals surface area contributed by atoms with Gasteiger partial charge in [-0.2, -0.15) is 4.40 Å². The molecule has 0 amide bonds. The third kappa shape index (κ3) is 3.48. The summed E-state index contributed by atoms with van der Waals surface area (Å²) in [4.78, 5) is 4.50. The number of pyridine rings is 1. The molecule has 0 fully saturated rings. The van der Waals surface area contributed by atoms with Crippen molar-refractivity contribution in [3.8, 4) is 0 Å². The minimum Gasteiger partial charge on any atom is -0.246 e. The van der Waals surface area contributed by atoms with Gasteiger partial charge in [0, 0.05) is 9.86 Å². The maximum atomic E-state index is 11.9. The Hall–Kier alpha value is -1.07. The van der Waals surface area contributed by atoms with E-state index in [1.54, 1.807) is 6.21 Å². The summed E-state index contributed by atoms with van der Waals surface area (Å²) in [7, 11) is -1.27. The van der Waals surface area contributed by atoms with Crippen molar-refractivity contribution in [3.05, 3.63) is 40.5 Å². The number of benzene rings is 1.